The Morgan fingerprint density at radius 3 is 2.65 bits per heavy atom. The van der Waals surface area contributed by atoms with E-state index < -0.39 is 0 Å². The Kier molecular flexibility index (Phi) is 6.84. The number of ether oxygens (including phenoxy) is 1. The number of amides is 1. The van der Waals surface area contributed by atoms with Gasteiger partial charge in [0.25, 0.3) is 5.91 Å². The Morgan fingerprint density at radius 1 is 1.10 bits per heavy atom. The van der Waals surface area contributed by atoms with Crippen molar-refractivity contribution in [1.29, 1.82) is 0 Å². The molecule has 1 fully saturated rings. The summed E-state index contributed by atoms with van der Waals surface area (Å²) in [7, 11) is 1.60. The van der Waals surface area contributed by atoms with E-state index in [0.29, 0.717) is 28.2 Å². The molecule has 4 rings (SSSR count). The molecule has 0 unspecified atom stereocenters. The Labute approximate surface area is 196 Å². The molecule has 2 aliphatic rings. The normalized spacial score (nSPS) is 19.5. The molecule has 1 amide bonds. The molecule has 2 heterocycles. The average molecular weight is 474 g/mol. The lowest BCUT2D eigenvalue weighted by molar-refractivity contribution is -0.122. The molecule has 2 aromatic carbocycles. The number of methoxy groups -OCH3 is 1. The van der Waals surface area contributed by atoms with Gasteiger partial charge < -0.3 is 9.64 Å². The van der Waals surface area contributed by atoms with E-state index in [9.17, 15) is 4.79 Å². The largest absolute Gasteiger partial charge is 0.494 e. The lowest BCUT2D eigenvalue weighted by atomic mass is 10.3. The molecular formula is C23H24ClN3O2S2. The monoisotopic (exact) mass is 473 g/mol. The number of amidine groups is 1. The third-order valence-electron chi connectivity index (χ3n) is 5.07. The molecule has 0 aromatic heterocycles. The summed E-state index contributed by atoms with van der Waals surface area (Å²) in [6.07, 6.45) is 1.90. The molecule has 31 heavy (non-hydrogen) atoms. The molecule has 0 bridgehead atoms. The van der Waals surface area contributed by atoms with Gasteiger partial charge in [-0.1, -0.05) is 48.8 Å². The number of carbonyl (C=O) groups is 1. The topological polar surface area (TPSA) is 45.1 Å². The number of thioether (sulfide) groups is 2. The second-order valence-corrected chi connectivity index (χ2v) is 9.52. The number of rotatable bonds is 6. The summed E-state index contributed by atoms with van der Waals surface area (Å²) in [5.74, 6) is 0.631. The first-order chi connectivity index (χ1) is 15.1. The van der Waals surface area contributed by atoms with E-state index in [1.807, 2.05) is 12.1 Å². The highest BCUT2D eigenvalue weighted by atomic mass is 35.5. The van der Waals surface area contributed by atoms with Gasteiger partial charge in [-0.25, -0.2) is 4.99 Å². The minimum atomic E-state index is 0.00644. The number of halogens is 1. The summed E-state index contributed by atoms with van der Waals surface area (Å²) >= 11 is 9.28. The second kappa shape index (κ2) is 9.59. The fraction of sp³-hybridized carbons (Fsp3) is 0.304. The number of para-hydroxylation sites is 1. The van der Waals surface area contributed by atoms with Crippen molar-refractivity contribution in [1.82, 2.24) is 4.90 Å². The summed E-state index contributed by atoms with van der Waals surface area (Å²) in [6, 6.07) is 13.6. The fourth-order valence-electron chi connectivity index (χ4n) is 3.50. The number of anilines is 1. The molecule has 8 heteroatoms. The Hall–Kier alpha value is -2.09. The standard InChI is InChI=1S/C23H24ClN3O2S2/c1-4-6-13-27-21(28)20(22-26(5-2)17-9-7-8-10-19(17)30-22)31-23(27)25-16-14-15(24)11-12-18(16)29-3/h7-12,14H,4-6,13H2,1-3H3. The maximum atomic E-state index is 13.5. The van der Waals surface area contributed by atoms with E-state index in [1.54, 1.807) is 42.0 Å². The van der Waals surface area contributed by atoms with Gasteiger partial charge in [-0.15, -0.1) is 0 Å². The number of hydrogen-bond acceptors (Lipinski definition) is 6. The van der Waals surface area contributed by atoms with Gasteiger partial charge in [-0.05, 0) is 55.4 Å². The zero-order valence-electron chi connectivity index (χ0n) is 17.7. The number of aliphatic imine (C=N–C) groups is 1. The quantitative estimate of drug-likeness (QED) is 0.447. The minimum Gasteiger partial charge on any atom is -0.494 e. The van der Waals surface area contributed by atoms with Gasteiger partial charge in [0.15, 0.2) is 5.17 Å². The van der Waals surface area contributed by atoms with Crippen LogP contribution < -0.4 is 9.64 Å². The van der Waals surface area contributed by atoms with E-state index in [0.717, 1.165) is 35.0 Å². The van der Waals surface area contributed by atoms with Crippen LogP contribution in [0.5, 0.6) is 5.75 Å². The molecular weight excluding hydrogens is 450 g/mol. The maximum Gasteiger partial charge on any atom is 0.269 e. The highest BCUT2D eigenvalue weighted by molar-refractivity contribution is 8.19. The van der Waals surface area contributed by atoms with Crippen LogP contribution in [0.2, 0.25) is 5.02 Å². The number of carbonyl (C=O) groups excluding carboxylic acids is 1. The molecule has 0 N–H and O–H groups in total. The van der Waals surface area contributed by atoms with Crippen molar-refractivity contribution < 1.29 is 9.53 Å². The highest BCUT2D eigenvalue weighted by Gasteiger charge is 2.39. The second-order valence-electron chi connectivity index (χ2n) is 7.07. The van der Waals surface area contributed by atoms with E-state index >= 15 is 0 Å². The summed E-state index contributed by atoms with van der Waals surface area (Å²) in [6.45, 7) is 5.64. The molecule has 1 saturated heterocycles. The SMILES string of the molecule is CCCCN1C(=O)C(=C2Sc3ccccc3N2CC)SC1=Nc1cc(Cl)ccc1OC. The number of benzene rings is 2. The van der Waals surface area contributed by atoms with Crippen molar-refractivity contribution in [2.75, 3.05) is 25.1 Å². The molecule has 0 radical (unpaired) electrons. The van der Waals surface area contributed by atoms with Gasteiger partial charge >= 0.3 is 0 Å². The Morgan fingerprint density at radius 2 is 1.90 bits per heavy atom. The predicted molar refractivity (Wildman–Crippen MR) is 132 cm³/mol. The smallest absolute Gasteiger partial charge is 0.269 e. The molecule has 162 valence electrons. The maximum absolute atomic E-state index is 13.5. The molecule has 2 aromatic rings. The van der Waals surface area contributed by atoms with Crippen LogP contribution in [-0.4, -0.2) is 36.2 Å². The number of hydrogen-bond donors (Lipinski definition) is 0. The van der Waals surface area contributed by atoms with Crippen LogP contribution in [0.3, 0.4) is 0 Å². The van der Waals surface area contributed by atoms with Crippen molar-refractivity contribution in [2.24, 2.45) is 4.99 Å². The van der Waals surface area contributed by atoms with Gasteiger partial charge in [0.1, 0.15) is 21.4 Å². The molecule has 0 saturated carbocycles. The van der Waals surface area contributed by atoms with E-state index in [1.165, 1.54) is 16.7 Å². The van der Waals surface area contributed by atoms with E-state index in [2.05, 4.69) is 30.9 Å². The van der Waals surface area contributed by atoms with E-state index in [4.69, 9.17) is 21.3 Å². The van der Waals surface area contributed by atoms with Crippen LogP contribution >= 0.6 is 35.1 Å². The van der Waals surface area contributed by atoms with Crippen molar-refractivity contribution in [3.63, 3.8) is 0 Å². The van der Waals surface area contributed by atoms with Crippen molar-refractivity contribution in [3.05, 3.63) is 57.4 Å². The molecule has 0 spiro atoms. The van der Waals surface area contributed by atoms with Crippen LogP contribution in [0.15, 0.2) is 62.3 Å². The average Bonchev–Trinajstić information content (AvgIpc) is 3.29. The van der Waals surface area contributed by atoms with E-state index in [-0.39, 0.29) is 5.91 Å². The van der Waals surface area contributed by atoms with Crippen LogP contribution in [0.25, 0.3) is 0 Å². The number of nitrogens with zero attached hydrogens (tertiary/aromatic N) is 3. The Bertz CT molecular complexity index is 1070. The van der Waals surface area contributed by atoms with Gasteiger partial charge in [0.05, 0.1) is 12.8 Å². The first-order valence-corrected chi connectivity index (χ1v) is 12.3. The molecule has 5 nitrogen and oxygen atoms in total. The molecule has 0 aliphatic carbocycles. The fourth-order valence-corrected chi connectivity index (χ4v) is 6.08. The highest BCUT2D eigenvalue weighted by Crippen LogP contribution is 2.50. The van der Waals surface area contributed by atoms with Crippen LogP contribution in [0, 0.1) is 0 Å². The van der Waals surface area contributed by atoms with Crippen LogP contribution in [0.1, 0.15) is 26.7 Å². The lowest BCUT2D eigenvalue weighted by Gasteiger charge is -2.19. The van der Waals surface area contributed by atoms with Crippen LogP contribution in [-0.2, 0) is 4.79 Å². The van der Waals surface area contributed by atoms with Crippen LogP contribution in [0.4, 0.5) is 11.4 Å². The molecule has 2 aliphatic heterocycles. The first kappa shape index (κ1) is 22.1. The summed E-state index contributed by atoms with van der Waals surface area (Å²) in [5, 5.41) is 2.21. The summed E-state index contributed by atoms with van der Waals surface area (Å²) in [5.41, 5.74) is 1.76. The van der Waals surface area contributed by atoms with Gasteiger partial charge in [0, 0.05) is 23.0 Å². The van der Waals surface area contributed by atoms with Gasteiger partial charge in [-0.2, -0.15) is 0 Å². The van der Waals surface area contributed by atoms with Gasteiger partial charge in [-0.3, -0.25) is 9.69 Å². The number of fused-ring (bicyclic) bond motifs is 1. The molecule has 0 atom stereocenters. The number of unbranched alkanes of at least 4 members (excludes halogenated alkanes) is 1. The summed E-state index contributed by atoms with van der Waals surface area (Å²) in [4.78, 5) is 24.2. The predicted octanol–water partition coefficient (Wildman–Crippen LogP) is 6.51. The van der Waals surface area contributed by atoms with Crippen molar-refractivity contribution in [3.8, 4) is 5.75 Å². The lowest BCUT2D eigenvalue weighted by Crippen LogP contribution is -2.30. The third-order valence-corrected chi connectivity index (χ3v) is 7.69. The first-order valence-electron chi connectivity index (χ1n) is 10.3. The zero-order chi connectivity index (χ0) is 22.0. The van der Waals surface area contributed by atoms with Gasteiger partial charge in [0.2, 0.25) is 0 Å². The van der Waals surface area contributed by atoms with Crippen molar-refractivity contribution >= 4 is 57.6 Å². The Balaban J connectivity index is 1.77. The zero-order valence-corrected chi connectivity index (χ0v) is 20.1. The minimum absolute atomic E-state index is 0.00644. The van der Waals surface area contributed by atoms with Crippen molar-refractivity contribution in [2.45, 2.75) is 31.6 Å². The summed E-state index contributed by atoms with van der Waals surface area (Å²) < 4.78 is 5.45. The third kappa shape index (κ3) is 4.31.